The lowest BCUT2D eigenvalue weighted by Crippen LogP contribution is -2.32. The van der Waals surface area contributed by atoms with Gasteiger partial charge in [-0.05, 0) is 30.7 Å². The zero-order valence-corrected chi connectivity index (χ0v) is 13.0. The molecule has 1 fully saturated rings. The second-order valence-corrected chi connectivity index (χ2v) is 5.82. The first kappa shape index (κ1) is 15.2. The van der Waals surface area contributed by atoms with Crippen LogP contribution >= 0.6 is 0 Å². The molecule has 1 N–H and O–H groups in total. The van der Waals surface area contributed by atoms with Gasteiger partial charge >= 0.3 is 0 Å². The van der Waals surface area contributed by atoms with Crippen LogP contribution in [0.3, 0.4) is 0 Å². The van der Waals surface area contributed by atoms with Crippen molar-refractivity contribution >= 4 is 17.5 Å². The van der Waals surface area contributed by atoms with E-state index in [2.05, 4.69) is 10.3 Å². The number of benzene rings is 1. The second-order valence-electron chi connectivity index (χ2n) is 5.82. The van der Waals surface area contributed by atoms with Crippen molar-refractivity contribution in [1.29, 1.82) is 0 Å². The van der Waals surface area contributed by atoms with Gasteiger partial charge in [0.1, 0.15) is 0 Å². The average Bonchev–Trinajstić information content (AvgIpc) is 2.96. The number of aryl methyl sites for hydroxylation is 1. The van der Waals surface area contributed by atoms with Gasteiger partial charge in [0.15, 0.2) is 0 Å². The largest absolute Gasteiger partial charge is 0.352 e. The molecule has 0 radical (unpaired) electrons. The van der Waals surface area contributed by atoms with Crippen LogP contribution in [0.25, 0.3) is 0 Å². The Morgan fingerprint density at radius 1 is 1.30 bits per heavy atom. The summed E-state index contributed by atoms with van der Waals surface area (Å²) in [6.45, 7) is 2.87. The van der Waals surface area contributed by atoms with Crippen LogP contribution in [-0.4, -0.2) is 23.3 Å². The number of aromatic nitrogens is 1. The third kappa shape index (κ3) is 3.56. The highest BCUT2D eigenvalue weighted by atomic mass is 16.2. The Labute approximate surface area is 135 Å². The zero-order valence-electron chi connectivity index (χ0n) is 13.0. The number of anilines is 1. The summed E-state index contributed by atoms with van der Waals surface area (Å²) in [4.78, 5) is 30.2. The van der Waals surface area contributed by atoms with Crippen molar-refractivity contribution in [3.05, 3.63) is 59.9 Å². The van der Waals surface area contributed by atoms with Gasteiger partial charge in [-0.15, -0.1) is 0 Å². The predicted octanol–water partition coefficient (Wildman–Crippen LogP) is 2.06. The minimum atomic E-state index is -0.305. The third-order valence-electron chi connectivity index (χ3n) is 4.03. The minimum absolute atomic E-state index is 0.00428. The summed E-state index contributed by atoms with van der Waals surface area (Å²) in [5, 5.41) is 2.88. The normalized spacial score (nSPS) is 17.3. The fourth-order valence-electron chi connectivity index (χ4n) is 2.69. The summed E-state index contributed by atoms with van der Waals surface area (Å²) in [6, 6.07) is 11.5. The summed E-state index contributed by atoms with van der Waals surface area (Å²) in [5.41, 5.74) is 2.94. The molecular weight excluding hydrogens is 290 g/mol. The van der Waals surface area contributed by atoms with Crippen molar-refractivity contribution < 1.29 is 9.59 Å². The van der Waals surface area contributed by atoms with E-state index in [1.54, 1.807) is 17.3 Å². The van der Waals surface area contributed by atoms with Crippen LogP contribution in [0.4, 0.5) is 5.69 Å². The highest BCUT2D eigenvalue weighted by Crippen LogP contribution is 2.25. The second kappa shape index (κ2) is 6.60. The van der Waals surface area contributed by atoms with E-state index in [1.807, 2.05) is 43.3 Å². The van der Waals surface area contributed by atoms with Crippen LogP contribution in [0.2, 0.25) is 0 Å². The first-order chi connectivity index (χ1) is 11.1. The molecule has 5 nitrogen and oxygen atoms in total. The molecule has 2 aromatic rings. The number of hydrogen-bond donors (Lipinski definition) is 1. The zero-order chi connectivity index (χ0) is 16.2. The third-order valence-corrected chi connectivity index (χ3v) is 4.03. The molecule has 0 unspecified atom stereocenters. The number of rotatable bonds is 4. The molecule has 1 aromatic heterocycles. The Kier molecular flexibility index (Phi) is 4.37. The van der Waals surface area contributed by atoms with Crippen LogP contribution in [0.5, 0.6) is 0 Å². The van der Waals surface area contributed by atoms with Gasteiger partial charge in [0.05, 0.1) is 5.92 Å². The summed E-state index contributed by atoms with van der Waals surface area (Å²) < 4.78 is 0. The van der Waals surface area contributed by atoms with E-state index in [-0.39, 0.29) is 24.2 Å². The fourth-order valence-corrected chi connectivity index (χ4v) is 2.69. The maximum atomic E-state index is 12.3. The molecule has 0 saturated carbocycles. The van der Waals surface area contributed by atoms with Crippen molar-refractivity contribution in [2.75, 3.05) is 11.4 Å². The molecule has 23 heavy (non-hydrogen) atoms. The topological polar surface area (TPSA) is 62.3 Å². The maximum Gasteiger partial charge on any atom is 0.227 e. The van der Waals surface area contributed by atoms with E-state index < -0.39 is 0 Å². The summed E-state index contributed by atoms with van der Waals surface area (Å²) in [5.74, 6) is -0.396. The molecule has 3 rings (SSSR count). The van der Waals surface area contributed by atoms with Crippen LogP contribution in [-0.2, 0) is 16.1 Å². The summed E-state index contributed by atoms with van der Waals surface area (Å²) in [6.07, 6.45) is 3.67. The first-order valence-electron chi connectivity index (χ1n) is 7.67. The van der Waals surface area contributed by atoms with Crippen LogP contribution in [0.1, 0.15) is 17.5 Å². The van der Waals surface area contributed by atoms with Crippen molar-refractivity contribution in [3.8, 4) is 0 Å². The monoisotopic (exact) mass is 309 g/mol. The van der Waals surface area contributed by atoms with E-state index in [0.717, 1.165) is 16.8 Å². The molecule has 1 saturated heterocycles. The molecule has 1 aliphatic heterocycles. The lowest BCUT2D eigenvalue weighted by Gasteiger charge is -2.17. The molecular formula is C18H19N3O2. The van der Waals surface area contributed by atoms with E-state index in [0.29, 0.717) is 13.1 Å². The van der Waals surface area contributed by atoms with Gasteiger partial charge in [0, 0.05) is 37.6 Å². The predicted molar refractivity (Wildman–Crippen MR) is 87.7 cm³/mol. The van der Waals surface area contributed by atoms with Gasteiger partial charge in [0.2, 0.25) is 11.8 Å². The smallest absolute Gasteiger partial charge is 0.227 e. The summed E-state index contributed by atoms with van der Waals surface area (Å²) in [7, 11) is 0. The van der Waals surface area contributed by atoms with Gasteiger partial charge in [0.25, 0.3) is 0 Å². The quantitative estimate of drug-likeness (QED) is 0.940. The van der Waals surface area contributed by atoms with Gasteiger partial charge < -0.3 is 10.2 Å². The lowest BCUT2D eigenvalue weighted by molar-refractivity contribution is -0.126. The Morgan fingerprint density at radius 3 is 2.78 bits per heavy atom. The number of nitrogens with zero attached hydrogens (tertiary/aromatic N) is 2. The van der Waals surface area contributed by atoms with Crippen LogP contribution in [0, 0.1) is 12.8 Å². The number of hydrogen-bond acceptors (Lipinski definition) is 3. The Hall–Kier alpha value is -2.69. The van der Waals surface area contributed by atoms with Crippen LogP contribution in [0.15, 0.2) is 48.8 Å². The molecule has 1 aliphatic rings. The van der Waals surface area contributed by atoms with Crippen molar-refractivity contribution in [2.24, 2.45) is 5.92 Å². The molecule has 0 aliphatic carbocycles. The van der Waals surface area contributed by atoms with E-state index >= 15 is 0 Å². The molecule has 0 spiro atoms. The number of nitrogens with one attached hydrogen (secondary N) is 1. The van der Waals surface area contributed by atoms with Crippen molar-refractivity contribution in [1.82, 2.24) is 10.3 Å². The number of carbonyl (C=O) groups is 2. The van der Waals surface area contributed by atoms with Crippen molar-refractivity contribution in [2.45, 2.75) is 19.9 Å². The summed E-state index contributed by atoms with van der Waals surface area (Å²) >= 11 is 0. The van der Waals surface area contributed by atoms with Crippen LogP contribution < -0.4 is 10.2 Å². The molecule has 118 valence electrons. The maximum absolute atomic E-state index is 12.3. The highest BCUT2D eigenvalue weighted by molar-refractivity contribution is 6.00. The van der Waals surface area contributed by atoms with Gasteiger partial charge in [-0.1, -0.05) is 23.8 Å². The molecule has 2 amide bonds. The van der Waals surface area contributed by atoms with Crippen molar-refractivity contribution in [3.63, 3.8) is 0 Å². The number of carbonyl (C=O) groups excluding carboxylic acids is 2. The number of pyridine rings is 1. The Bertz CT molecular complexity index is 698. The Balaban J connectivity index is 1.60. The number of amides is 2. The fraction of sp³-hybridized carbons (Fsp3) is 0.278. The average molecular weight is 309 g/mol. The molecule has 1 atom stereocenters. The van der Waals surface area contributed by atoms with E-state index in [1.165, 1.54) is 0 Å². The SMILES string of the molecule is Cc1ccc(N2C[C@@H](C(=O)NCc3cccnc3)CC2=O)cc1. The molecule has 2 heterocycles. The van der Waals surface area contributed by atoms with E-state index in [4.69, 9.17) is 0 Å². The van der Waals surface area contributed by atoms with Gasteiger partial charge in [-0.3, -0.25) is 14.6 Å². The van der Waals surface area contributed by atoms with E-state index in [9.17, 15) is 9.59 Å². The molecule has 1 aromatic carbocycles. The standard InChI is InChI=1S/C18H19N3O2/c1-13-4-6-16(7-5-13)21-12-15(9-17(21)22)18(23)20-11-14-3-2-8-19-10-14/h2-8,10,15H,9,11-12H2,1H3,(H,20,23)/t15-/m0/s1. The molecule has 5 heteroatoms. The van der Waals surface area contributed by atoms with Gasteiger partial charge in [-0.25, -0.2) is 0 Å². The van der Waals surface area contributed by atoms with Gasteiger partial charge in [-0.2, -0.15) is 0 Å². The highest BCUT2D eigenvalue weighted by Gasteiger charge is 2.34. The first-order valence-corrected chi connectivity index (χ1v) is 7.67. The lowest BCUT2D eigenvalue weighted by atomic mass is 10.1. The molecule has 0 bridgehead atoms. The Morgan fingerprint density at radius 2 is 2.09 bits per heavy atom. The minimum Gasteiger partial charge on any atom is -0.352 e.